The van der Waals surface area contributed by atoms with Crippen LogP contribution in [0.3, 0.4) is 0 Å². The van der Waals surface area contributed by atoms with E-state index in [-0.39, 0.29) is 18.3 Å². The summed E-state index contributed by atoms with van der Waals surface area (Å²) in [5.41, 5.74) is 3.34. The van der Waals surface area contributed by atoms with E-state index in [1.54, 1.807) is 55.5 Å². The molecule has 0 saturated heterocycles. The number of para-hydroxylation sites is 1. The minimum atomic E-state index is -0.704. The molecule has 220 valence electrons. The molecule has 1 aliphatic rings. The van der Waals surface area contributed by atoms with Crippen molar-refractivity contribution in [3.8, 4) is 17.6 Å². The first-order valence-corrected chi connectivity index (χ1v) is 15.1. The smallest absolute Gasteiger partial charge is 0.337 e. The molecule has 0 saturated carbocycles. The topological polar surface area (TPSA) is 100 Å². The van der Waals surface area contributed by atoms with Gasteiger partial charge in [0, 0.05) is 16.4 Å². The van der Waals surface area contributed by atoms with E-state index in [4.69, 9.17) is 21.1 Å². The van der Waals surface area contributed by atoms with Crippen molar-refractivity contribution in [2.75, 3.05) is 11.1 Å². The molecule has 0 aromatic heterocycles. The van der Waals surface area contributed by atoms with Crippen molar-refractivity contribution < 1.29 is 19.1 Å². The molecule has 44 heavy (non-hydrogen) atoms. The van der Waals surface area contributed by atoms with Crippen molar-refractivity contribution in [1.29, 1.82) is 5.26 Å². The minimum absolute atomic E-state index is 0.0319. The zero-order valence-electron chi connectivity index (χ0n) is 23.8. The van der Waals surface area contributed by atoms with Gasteiger partial charge in [-0.05, 0) is 66.6 Å². The van der Waals surface area contributed by atoms with Gasteiger partial charge in [0.2, 0.25) is 5.91 Å². The Balaban J connectivity index is 1.30. The van der Waals surface area contributed by atoms with E-state index in [1.807, 2.05) is 60.7 Å². The molecule has 0 fully saturated rings. The van der Waals surface area contributed by atoms with Gasteiger partial charge in [-0.15, -0.1) is 0 Å². The first-order valence-electron chi connectivity index (χ1n) is 13.8. The predicted molar refractivity (Wildman–Crippen MR) is 173 cm³/mol. The van der Waals surface area contributed by atoms with Crippen molar-refractivity contribution in [3.05, 3.63) is 147 Å². The second-order valence-electron chi connectivity index (χ2n) is 9.84. The van der Waals surface area contributed by atoms with E-state index in [0.717, 1.165) is 11.3 Å². The molecule has 2 N–H and O–H groups in total. The van der Waals surface area contributed by atoms with Crippen LogP contribution in [0.5, 0.6) is 11.5 Å². The molecule has 1 heterocycles. The van der Waals surface area contributed by atoms with Gasteiger partial charge in [0.25, 0.3) is 0 Å². The first kappa shape index (κ1) is 30.5. The number of anilines is 1. The Kier molecular flexibility index (Phi) is 10.0. The number of nitrogens with zero attached hydrogens (tertiary/aromatic N) is 1. The highest BCUT2D eigenvalue weighted by Gasteiger charge is 2.35. The number of hydrogen-bond donors (Lipinski definition) is 2. The van der Waals surface area contributed by atoms with E-state index in [2.05, 4.69) is 16.7 Å². The van der Waals surface area contributed by atoms with Crippen molar-refractivity contribution in [1.82, 2.24) is 5.32 Å². The van der Waals surface area contributed by atoms with E-state index in [1.165, 1.54) is 11.8 Å². The molecule has 0 spiro atoms. The van der Waals surface area contributed by atoms with Crippen molar-refractivity contribution in [2.24, 2.45) is 0 Å². The summed E-state index contributed by atoms with van der Waals surface area (Å²) in [6.07, 6.45) is 0. The Labute approximate surface area is 265 Å². The lowest BCUT2D eigenvalue weighted by molar-refractivity contribution is -0.140. The zero-order chi connectivity index (χ0) is 30.9. The Morgan fingerprint density at radius 3 is 2.20 bits per heavy atom. The first-order chi connectivity index (χ1) is 21.4. The zero-order valence-corrected chi connectivity index (χ0v) is 25.3. The molecule has 7 nitrogen and oxygen atoms in total. The predicted octanol–water partition coefficient (Wildman–Crippen LogP) is 7.94. The normalized spacial score (nSPS) is 14.3. The molecule has 4 aromatic rings. The van der Waals surface area contributed by atoms with Gasteiger partial charge >= 0.3 is 5.97 Å². The molecule has 0 bridgehead atoms. The molecule has 9 heteroatoms. The average Bonchev–Trinajstić information content (AvgIpc) is 3.04. The second kappa shape index (κ2) is 14.5. The second-order valence-corrected chi connectivity index (χ2v) is 11.3. The van der Waals surface area contributed by atoms with Crippen LogP contribution in [0, 0.1) is 11.3 Å². The molecule has 1 amide bonds. The number of nitrogens with one attached hydrogen (secondary N) is 2. The van der Waals surface area contributed by atoms with Crippen molar-refractivity contribution in [2.45, 2.75) is 19.4 Å². The maximum Gasteiger partial charge on any atom is 0.337 e. The molecule has 4 aromatic carbocycles. The number of ether oxygens (including phenoxy) is 2. The molecular weight excluding hydrogens is 594 g/mol. The number of carbonyl (C=O) groups is 2. The van der Waals surface area contributed by atoms with Gasteiger partial charge in [-0.1, -0.05) is 84.0 Å². The minimum Gasteiger partial charge on any atom is -0.457 e. The van der Waals surface area contributed by atoms with Crippen molar-refractivity contribution in [3.63, 3.8) is 0 Å². The monoisotopic (exact) mass is 621 g/mol. The SMILES string of the molecule is CC1=C(C(=O)OCc2ccccc2)[C@H](c2ccc(Cl)cc2)C(C#N)=C(SCC(=O)Nc2ccc(Oc3ccccc3)cc2)N1. The third kappa shape index (κ3) is 7.70. The summed E-state index contributed by atoms with van der Waals surface area (Å²) < 4.78 is 11.5. The largest absolute Gasteiger partial charge is 0.457 e. The van der Waals surface area contributed by atoms with Crippen LogP contribution in [-0.4, -0.2) is 17.6 Å². The summed E-state index contributed by atoms with van der Waals surface area (Å²) in [5.74, 6) is -0.0957. The van der Waals surface area contributed by atoms with Crippen LogP contribution in [0.1, 0.15) is 24.0 Å². The highest BCUT2D eigenvalue weighted by Crippen LogP contribution is 2.41. The van der Waals surface area contributed by atoms with Crippen LogP contribution in [0.2, 0.25) is 5.02 Å². The fourth-order valence-corrected chi connectivity index (χ4v) is 5.67. The van der Waals surface area contributed by atoms with Gasteiger partial charge < -0.3 is 20.1 Å². The Morgan fingerprint density at radius 2 is 1.55 bits per heavy atom. The quantitative estimate of drug-likeness (QED) is 0.173. The fraction of sp³-hybridized carbons (Fsp3) is 0.114. The highest BCUT2D eigenvalue weighted by molar-refractivity contribution is 8.03. The highest BCUT2D eigenvalue weighted by atomic mass is 35.5. The Morgan fingerprint density at radius 1 is 0.909 bits per heavy atom. The fourth-order valence-electron chi connectivity index (χ4n) is 4.65. The number of allylic oxidation sites excluding steroid dienone is 2. The van der Waals surface area contributed by atoms with Crippen LogP contribution in [0.15, 0.2) is 131 Å². The maximum atomic E-state index is 13.4. The summed E-state index contributed by atoms with van der Waals surface area (Å²) >= 11 is 7.33. The van der Waals surface area contributed by atoms with E-state index < -0.39 is 11.9 Å². The third-order valence-electron chi connectivity index (χ3n) is 6.75. The summed E-state index contributed by atoms with van der Waals surface area (Å²) in [4.78, 5) is 26.3. The van der Waals surface area contributed by atoms with E-state index >= 15 is 0 Å². The van der Waals surface area contributed by atoms with Gasteiger partial charge in [0.1, 0.15) is 18.1 Å². The number of dihydropyridines is 1. The van der Waals surface area contributed by atoms with Crippen molar-refractivity contribution >= 4 is 40.9 Å². The Bertz CT molecular complexity index is 1730. The number of hydrogen-bond acceptors (Lipinski definition) is 7. The third-order valence-corrected chi connectivity index (χ3v) is 8.02. The van der Waals surface area contributed by atoms with Crippen LogP contribution in [0.4, 0.5) is 5.69 Å². The number of amides is 1. The molecule has 1 aliphatic heterocycles. The average molecular weight is 622 g/mol. The van der Waals surface area contributed by atoms with E-state index in [9.17, 15) is 14.9 Å². The van der Waals surface area contributed by atoms with Gasteiger partial charge in [0.15, 0.2) is 0 Å². The summed E-state index contributed by atoms with van der Waals surface area (Å²) in [5, 5.41) is 17.4. The van der Waals surface area contributed by atoms with Crippen LogP contribution in [-0.2, 0) is 20.9 Å². The van der Waals surface area contributed by atoms with Crippen LogP contribution < -0.4 is 15.4 Å². The van der Waals surface area contributed by atoms with Gasteiger partial charge in [-0.25, -0.2) is 4.79 Å². The molecular formula is C35H28ClN3O4S. The standard InChI is InChI=1S/C35H28ClN3O4S/c1-23-32(35(41)42-21-24-8-4-2-5-9-24)33(25-12-14-26(36)15-13-25)30(20-37)34(38-23)44-22-31(40)39-27-16-18-29(19-17-27)43-28-10-6-3-7-11-28/h2-19,33,38H,21-22H2,1H3,(H,39,40)/t33-/m1/s1. The lowest BCUT2D eigenvalue weighted by atomic mass is 9.82. The number of esters is 1. The summed E-state index contributed by atoms with van der Waals surface area (Å²) in [7, 11) is 0. The van der Waals surface area contributed by atoms with Gasteiger partial charge in [0.05, 0.1) is 33.9 Å². The number of thioether (sulfide) groups is 1. The molecule has 0 aliphatic carbocycles. The number of rotatable bonds is 10. The maximum absolute atomic E-state index is 13.4. The lowest BCUT2D eigenvalue weighted by Gasteiger charge is -2.29. The number of carbonyl (C=O) groups excluding carboxylic acids is 2. The van der Waals surface area contributed by atoms with Gasteiger partial charge in [-0.3, -0.25) is 4.79 Å². The summed E-state index contributed by atoms with van der Waals surface area (Å²) in [6.45, 7) is 1.85. The van der Waals surface area contributed by atoms with Gasteiger partial charge in [-0.2, -0.15) is 5.26 Å². The summed E-state index contributed by atoms with van der Waals surface area (Å²) in [6, 6.07) is 35.1. The number of halogens is 1. The molecule has 5 rings (SSSR count). The molecule has 0 unspecified atom stereocenters. The van der Waals surface area contributed by atoms with Crippen LogP contribution in [0.25, 0.3) is 0 Å². The number of nitriles is 1. The van der Waals surface area contributed by atoms with E-state index in [0.29, 0.717) is 43.9 Å². The number of benzene rings is 4. The lowest BCUT2D eigenvalue weighted by Crippen LogP contribution is -2.29. The molecule has 0 radical (unpaired) electrons. The molecule has 1 atom stereocenters. The van der Waals surface area contributed by atoms with Crippen LogP contribution >= 0.6 is 23.4 Å². The Hall–Kier alpha value is -4.97.